The highest BCUT2D eigenvalue weighted by atomic mass is 35.5. The smallest absolute Gasteiger partial charge is 0.260 e. The fraction of sp³-hybridized carbons (Fsp3) is 0.421. The number of hydrogen-bond donors (Lipinski definition) is 0. The van der Waals surface area contributed by atoms with Crippen LogP contribution in [-0.2, 0) is 4.79 Å². The van der Waals surface area contributed by atoms with E-state index in [0.717, 1.165) is 36.0 Å². The number of benzene rings is 1. The second kappa shape index (κ2) is 7.91. The molecular formula is C19H23ClN4O2. The van der Waals surface area contributed by atoms with Gasteiger partial charge in [-0.1, -0.05) is 11.6 Å². The van der Waals surface area contributed by atoms with E-state index in [4.69, 9.17) is 16.3 Å². The first-order valence-electron chi connectivity index (χ1n) is 8.66. The van der Waals surface area contributed by atoms with Crippen LogP contribution in [0.1, 0.15) is 17.1 Å². The third kappa shape index (κ3) is 4.43. The van der Waals surface area contributed by atoms with Crippen molar-refractivity contribution in [3.8, 4) is 5.75 Å². The fourth-order valence-corrected chi connectivity index (χ4v) is 3.11. The zero-order chi connectivity index (χ0) is 18.7. The molecule has 1 amide bonds. The van der Waals surface area contributed by atoms with Crippen LogP contribution in [0.4, 0.5) is 5.82 Å². The van der Waals surface area contributed by atoms with Crippen LogP contribution < -0.4 is 9.64 Å². The molecule has 0 aliphatic carbocycles. The van der Waals surface area contributed by atoms with E-state index in [1.165, 1.54) is 0 Å². The van der Waals surface area contributed by atoms with Gasteiger partial charge in [0, 0.05) is 43.0 Å². The zero-order valence-electron chi connectivity index (χ0n) is 15.3. The molecule has 7 heteroatoms. The van der Waals surface area contributed by atoms with E-state index in [-0.39, 0.29) is 12.5 Å². The van der Waals surface area contributed by atoms with Crippen molar-refractivity contribution < 1.29 is 9.53 Å². The molecule has 6 nitrogen and oxygen atoms in total. The van der Waals surface area contributed by atoms with Crippen molar-refractivity contribution in [3.05, 3.63) is 46.4 Å². The van der Waals surface area contributed by atoms with Gasteiger partial charge in [0.1, 0.15) is 17.4 Å². The van der Waals surface area contributed by atoms with E-state index in [9.17, 15) is 4.79 Å². The van der Waals surface area contributed by atoms with Crippen LogP contribution >= 0.6 is 11.6 Å². The molecule has 0 bridgehead atoms. The summed E-state index contributed by atoms with van der Waals surface area (Å²) in [6, 6.07) is 7.38. The van der Waals surface area contributed by atoms with Crippen LogP contribution in [-0.4, -0.2) is 53.6 Å². The fourth-order valence-electron chi connectivity index (χ4n) is 2.99. The van der Waals surface area contributed by atoms with Gasteiger partial charge in [-0.3, -0.25) is 4.79 Å². The molecule has 2 heterocycles. The summed E-state index contributed by atoms with van der Waals surface area (Å²) < 4.78 is 5.62. The Morgan fingerprint density at radius 2 is 1.85 bits per heavy atom. The Kier molecular flexibility index (Phi) is 5.61. The van der Waals surface area contributed by atoms with E-state index < -0.39 is 0 Å². The van der Waals surface area contributed by atoms with Gasteiger partial charge in [-0.05, 0) is 44.5 Å². The summed E-state index contributed by atoms with van der Waals surface area (Å²) in [6.45, 7) is 8.62. The van der Waals surface area contributed by atoms with Crippen LogP contribution in [0.3, 0.4) is 0 Å². The normalized spacial score (nSPS) is 14.5. The van der Waals surface area contributed by atoms with Crippen LogP contribution in [0, 0.1) is 20.8 Å². The van der Waals surface area contributed by atoms with E-state index >= 15 is 0 Å². The molecular weight excluding hydrogens is 352 g/mol. The van der Waals surface area contributed by atoms with Gasteiger partial charge in [0.2, 0.25) is 0 Å². The lowest BCUT2D eigenvalue weighted by molar-refractivity contribution is -0.133. The zero-order valence-corrected chi connectivity index (χ0v) is 16.1. The molecule has 138 valence electrons. The number of halogens is 1. The number of carbonyl (C=O) groups is 1. The summed E-state index contributed by atoms with van der Waals surface area (Å²) >= 11 is 6.00. The van der Waals surface area contributed by atoms with Gasteiger partial charge >= 0.3 is 0 Å². The Labute approximate surface area is 158 Å². The highest BCUT2D eigenvalue weighted by Crippen LogP contribution is 2.21. The average molecular weight is 375 g/mol. The minimum atomic E-state index is -0.00713. The second-order valence-electron chi connectivity index (χ2n) is 6.48. The minimum Gasteiger partial charge on any atom is -0.484 e. The number of aryl methyl sites for hydroxylation is 3. The number of rotatable bonds is 4. The molecule has 0 unspecified atom stereocenters. The quantitative estimate of drug-likeness (QED) is 0.823. The molecule has 0 atom stereocenters. The minimum absolute atomic E-state index is 0.00713. The Morgan fingerprint density at radius 3 is 2.50 bits per heavy atom. The number of hydrogen-bond acceptors (Lipinski definition) is 5. The van der Waals surface area contributed by atoms with E-state index in [2.05, 4.69) is 14.9 Å². The predicted octanol–water partition coefficient (Wildman–Crippen LogP) is 2.78. The van der Waals surface area contributed by atoms with Gasteiger partial charge < -0.3 is 14.5 Å². The van der Waals surface area contributed by atoms with Crippen molar-refractivity contribution in [2.24, 2.45) is 0 Å². The standard InChI is InChI=1S/C19H23ClN4O2/c1-13-10-16(4-5-17(13)20)26-12-19(25)24-8-6-23(7-9-24)18-11-14(2)21-15(3)22-18/h4-5,10-11H,6-9,12H2,1-3H3. The summed E-state index contributed by atoms with van der Waals surface area (Å²) in [5.41, 5.74) is 1.89. The maximum Gasteiger partial charge on any atom is 0.260 e. The van der Waals surface area contributed by atoms with Crippen molar-refractivity contribution in [2.45, 2.75) is 20.8 Å². The van der Waals surface area contributed by atoms with Crippen LogP contribution in [0.15, 0.2) is 24.3 Å². The monoisotopic (exact) mass is 374 g/mol. The molecule has 1 fully saturated rings. The van der Waals surface area contributed by atoms with Crippen molar-refractivity contribution >= 4 is 23.3 Å². The van der Waals surface area contributed by atoms with E-state index in [1.54, 1.807) is 12.1 Å². The first kappa shape index (κ1) is 18.5. The van der Waals surface area contributed by atoms with Gasteiger partial charge in [-0.2, -0.15) is 0 Å². The summed E-state index contributed by atoms with van der Waals surface area (Å²) in [6.07, 6.45) is 0. The first-order valence-corrected chi connectivity index (χ1v) is 9.04. The van der Waals surface area contributed by atoms with Gasteiger partial charge in [0.05, 0.1) is 0 Å². The lowest BCUT2D eigenvalue weighted by Crippen LogP contribution is -2.50. The second-order valence-corrected chi connectivity index (χ2v) is 6.89. The molecule has 1 aliphatic heterocycles. The number of carbonyl (C=O) groups excluding carboxylic acids is 1. The summed E-state index contributed by atoms with van der Waals surface area (Å²) in [7, 11) is 0. The number of amides is 1. The van der Waals surface area contributed by atoms with Crippen molar-refractivity contribution in [1.82, 2.24) is 14.9 Å². The number of anilines is 1. The molecule has 1 aliphatic rings. The largest absolute Gasteiger partial charge is 0.484 e. The molecule has 0 spiro atoms. The first-order chi connectivity index (χ1) is 12.4. The van der Waals surface area contributed by atoms with Crippen LogP contribution in [0.25, 0.3) is 0 Å². The molecule has 26 heavy (non-hydrogen) atoms. The molecule has 1 aromatic heterocycles. The molecule has 0 radical (unpaired) electrons. The Balaban J connectivity index is 1.52. The van der Waals surface area contributed by atoms with Gasteiger partial charge in [-0.15, -0.1) is 0 Å². The lowest BCUT2D eigenvalue weighted by Gasteiger charge is -2.35. The molecule has 1 saturated heterocycles. The number of piperazine rings is 1. The maximum atomic E-state index is 12.4. The topological polar surface area (TPSA) is 58.6 Å². The van der Waals surface area contributed by atoms with Gasteiger partial charge in [-0.25, -0.2) is 9.97 Å². The summed E-state index contributed by atoms with van der Waals surface area (Å²) in [5, 5.41) is 0.690. The van der Waals surface area contributed by atoms with E-state index in [1.807, 2.05) is 37.8 Å². The van der Waals surface area contributed by atoms with Crippen molar-refractivity contribution in [3.63, 3.8) is 0 Å². The van der Waals surface area contributed by atoms with E-state index in [0.29, 0.717) is 23.9 Å². The summed E-state index contributed by atoms with van der Waals surface area (Å²) in [4.78, 5) is 25.2. The molecule has 2 aromatic rings. The van der Waals surface area contributed by atoms with Crippen molar-refractivity contribution in [2.75, 3.05) is 37.7 Å². The third-order valence-corrected chi connectivity index (χ3v) is 4.82. The van der Waals surface area contributed by atoms with Crippen LogP contribution in [0.2, 0.25) is 5.02 Å². The highest BCUT2D eigenvalue weighted by molar-refractivity contribution is 6.31. The summed E-state index contributed by atoms with van der Waals surface area (Å²) in [5.74, 6) is 2.35. The number of ether oxygens (including phenoxy) is 1. The maximum absolute atomic E-state index is 12.4. The molecule has 0 N–H and O–H groups in total. The Morgan fingerprint density at radius 1 is 1.12 bits per heavy atom. The van der Waals surface area contributed by atoms with Crippen LogP contribution in [0.5, 0.6) is 5.75 Å². The predicted molar refractivity (Wildman–Crippen MR) is 102 cm³/mol. The molecule has 0 saturated carbocycles. The highest BCUT2D eigenvalue weighted by Gasteiger charge is 2.22. The Bertz CT molecular complexity index is 784. The van der Waals surface area contributed by atoms with Crippen molar-refractivity contribution in [1.29, 1.82) is 0 Å². The lowest BCUT2D eigenvalue weighted by atomic mass is 10.2. The average Bonchev–Trinajstić information content (AvgIpc) is 2.62. The molecule has 3 rings (SSSR count). The number of nitrogens with zero attached hydrogens (tertiary/aromatic N) is 4. The van der Waals surface area contributed by atoms with Gasteiger partial charge in [0.25, 0.3) is 5.91 Å². The third-order valence-electron chi connectivity index (χ3n) is 4.40. The molecule has 1 aromatic carbocycles. The van der Waals surface area contributed by atoms with Gasteiger partial charge in [0.15, 0.2) is 6.61 Å². The SMILES string of the molecule is Cc1cc(N2CCN(C(=O)COc3ccc(Cl)c(C)c3)CC2)nc(C)n1. The Hall–Kier alpha value is -2.34. The number of aromatic nitrogens is 2.